The van der Waals surface area contributed by atoms with Gasteiger partial charge in [-0.05, 0) is 38.8 Å². The summed E-state index contributed by atoms with van der Waals surface area (Å²) in [6.45, 7) is 9.89. The summed E-state index contributed by atoms with van der Waals surface area (Å²) in [7, 11) is 0. The maximum absolute atomic E-state index is 12.1. The summed E-state index contributed by atoms with van der Waals surface area (Å²) in [5.41, 5.74) is -0.465. The normalized spacial score (nSPS) is 20.3. The number of hydrogen-bond donors (Lipinski definition) is 0. The van der Waals surface area contributed by atoms with Crippen molar-refractivity contribution in [1.29, 1.82) is 0 Å². The van der Waals surface area contributed by atoms with E-state index < -0.39 is 5.60 Å². The maximum atomic E-state index is 12.1. The molecule has 2 fully saturated rings. The average molecular weight is 338 g/mol. The van der Waals surface area contributed by atoms with E-state index in [1.807, 2.05) is 20.8 Å². The monoisotopic (exact) mass is 338 g/mol. The number of amides is 1. The van der Waals surface area contributed by atoms with Crippen LogP contribution >= 0.6 is 0 Å². The van der Waals surface area contributed by atoms with Gasteiger partial charge in [-0.1, -0.05) is 0 Å². The first-order chi connectivity index (χ1) is 11.4. The van der Waals surface area contributed by atoms with Crippen molar-refractivity contribution in [2.24, 2.45) is 0 Å². The zero-order chi connectivity index (χ0) is 17.2. The third-order valence-electron chi connectivity index (χ3n) is 4.22. The molecule has 0 N–H and O–H groups in total. The number of nitrogens with zero attached hydrogens (tertiary/aromatic N) is 4. The summed E-state index contributed by atoms with van der Waals surface area (Å²) in [5, 5.41) is 4.10. The SMILES string of the molecule is CC(C)(C)OC(=O)N1CCC(c2nc(N3CCOCC3)no2)CC1. The number of aromatic nitrogens is 2. The van der Waals surface area contributed by atoms with Crippen LogP contribution in [0.3, 0.4) is 0 Å². The van der Waals surface area contributed by atoms with Crippen LogP contribution < -0.4 is 4.90 Å². The Balaban J connectivity index is 1.53. The third kappa shape index (κ3) is 4.17. The molecule has 3 heterocycles. The van der Waals surface area contributed by atoms with Crippen molar-refractivity contribution in [2.75, 3.05) is 44.3 Å². The molecule has 134 valence electrons. The largest absolute Gasteiger partial charge is 0.444 e. The smallest absolute Gasteiger partial charge is 0.410 e. The zero-order valence-corrected chi connectivity index (χ0v) is 14.7. The van der Waals surface area contributed by atoms with Crippen molar-refractivity contribution in [3.63, 3.8) is 0 Å². The Kier molecular flexibility index (Phi) is 4.93. The molecule has 0 radical (unpaired) electrons. The van der Waals surface area contributed by atoms with Crippen LogP contribution in [-0.2, 0) is 9.47 Å². The summed E-state index contributed by atoms with van der Waals surface area (Å²) in [5.74, 6) is 1.51. The van der Waals surface area contributed by atoms with Gasteiger partial charge in [0.05, 0.1) is 13.2 Å². The topological polar surface area (TPSA) is 80.9 Å². The van der Waals surface area contributed by atoms with Gasteiger partial charge in [-0.25, -0.2) is 4.79 Å². The molecule has 0 spiro atoms. The van der Waals surface area contributed by atoms with Gasteiger partial charge in [-0.2, -0.15) is 4.98 Å². The Morgan fingerprint density at radius 3 is 2.46 bits per heavy atom. The molecule has 0 unspecified atom stereocenters. The molecule has 1 aromatic heterocycles. The summed E-state index contributed by atoms with van der Waals surface area (Å²) in [4.78, 5) is 20.5. The predicted octanol–water partition coefficient (Wildman–Crippen LogP) is 2.02. The highest BCUT2D eigenvalue weighted by Gasteiger charge is 2.30. The van der Waals surface area contributed by atoms with Crippen molar-refractivity contribution in [3.05, 3.63) is 5.89 Å². The molecule has 2 aliphatic heterocycles. The molecule has 0 aromatic carbocycles. The maximum Gasteiger partial charge on any atom is 0.410 e. The van der Waals surface area contributed by atoms with E-state index in [4.69, 9.17) is 14.0 Å². The fourth-order valence-electron chi connectivity index (χ4n) is 2.92. The minimum atomic E-state index is -0.465. The van der Waals surface area contributed by atoms with Crippen LogP contribution in [0.25, 0.3) is 0 Å². The standard InChI is InChI=1S/C16H26N4O4/c1-16(2,3)23-15(21)20-6-4-12(5-7-20)13-17-14(18-24-13)19-8-10-22-11-9-19/h12H,4-11H2,1-3H3. The lowest BCUT2D eigenvalue weighted by atomic mass is 9.97. The lowest BCUT2D eigenvalue weighted by Crippen LogP contribution is -2.41. The van der Waals surface area contributed by atoms with Crippen molar-refractivity contribution in [3.8, 4) is 0 Å². The highest BCUT2D eigenvalue weighted by atomic mass is 16.6. The highest BCUT2D eigenvalue weighted by Crippen LogP contribution is 2.28. The summed E-state index contributed by atoms with van der Waals surface area (Å²) in [6, 6.07) is 0. The second kappa shape index (κ2) is 6.96. The average Bonchev–Trinajstić information content (AvgIpc) is 3.04. The Bertz CT molecular complexity index is 555. The Morgan fingerprint density at radius 1 is 1.17 bits per heavy atom. The number of hydrogen-bond acceptors (Lipinski definition) is 7. The van der Waals surface area contributed by atoms with E-state index in [1.165, 1.54) is 0 Å². The molecule has 0 atom stereocenters. The van der Waals surface area contributed by atoms with Crippen molar-refractivity contribution in [1.82, 2.24) is 15.0 Å². The number of carbonyl (C=O) groups excluding carboxylic acids is 1. The van der Waals surface area contributed by atoms with Gasteiger partial charge in [0.2, 0.25) is 5.89 Å². The summed E-state index contributed by atoms with van der Waals surface area (Å²) < 4.78 is 16.2. The van der Waals surface area contributed by atoms with Crippen LogP contribution in [0, 0.1) is 0 Å². The van der Waals surface area contributed by atoms with E-state index in [1.54, 1.807) is 4.90 Å². The van der Waals surface area contributed by atoms with Gasteiger partial charge in [0.25, 0.3) is 5.95 Å². The molecule has 2 saturated heterocycles. The fourth-order valence-corrected chi connectivity index (χ4v) is 2.92. The quantitative estimate of drug-likeness (QED) is 0.816. The van der Waals surface area contributed by atoms with E-state index in [-0.39, 0.29) is 12.0 Å². The van der Waals surface area contributed by atoms with E-state index in [2.05, 4.69) is 15.0 Å². The van der Waals surface area contributed by atoms with Gasteiger partial charge >= 0.3 is 6.09 Å². The minimum absolute atomic E-state index is 0.200. The molecule has 0 bridgehead atoms. The van der Waals surface area contributed by atoms with Crippen LogP contribution in [0.15, 0.2) is 4.52 Å². The number of anilines is 1. The Hall–Kier alpha value is -1.83. The predicted molar refractivity (Wildman–Crippen MR) is 87.1 cm³/mol. The molecule has 1 amide bonds. The van der Waals surface area contributed by atoms with Crippen LogP contribution in [0.5, 0.6) is 0 Å². The Morgan fingerprint density at radius 2 is 1.83 bits per heavy atom. The highest BCUT2D eigenvalue weighted by molar-refractivity contribution is 5.68. The lowest BCUT2D eigenvalue weighted by molar-refractivity contribution is 0.0198. The van der Waals surface area contributed by atoms with Crippen molar-refractivity contribution in [2.45, 2.75) is 45.1 Å². The second-order valence-corrected chi connectivity index (χ2v) is 7.27. The summed E-state index contributed by atoms with van der Waals surface area (Å²) in [6.07, 6.45) is 1.37. The van der Waals surface area contributed by atoms with Gasteiger partial charge in [0.15, 0.2) is 0 Å². The van der Waals surface area contributed by atoms with Crippen molar-refractivity contribution < 1.29 is 18.8 Å². The van der Waals surface area contributed by atoms with E-state index >= 15 is 0 Å². The number of rotatable bonds is 2. The van der Waals surface area contributed by atoms with Gasteiger partial charge in [0.1, 0.15) is 5.60 Å². The van der Waals surface area contributed by atoms with Crippen LogP contribution in [0.2, 0.25) is 0 Å². The molecule has 24 heavy (non-hydrogen) atoms. The first kappa shape index (κ1) is 17.0. The zero-order valence-electron chi connectivity index (χ0n) is 14.7. The third-order valence-corrected chi connectivity index (χ3v) is 4.22. The number of carbonyl (C=O) groups is 1. The van der Waals surface area contributed by atoms with E-state index in [0.29, 0.717) is 38.1 Å². The fraction of sp³-hybridized carbons (Fsp3) is 0.812. The summed E-state index contributed by atoms with van der Waals surface area (Å²) >= 11 is 0. The van der Waals surface area contributed by atoms with Crippen LogP contribution in [0.1, 0.15) is 45.4 Å². The second-order valence-electron chi connectivity index (χ2n) is 7.27. The molecule has 1 aromatic rings. The molecule has 0 saturated carbocycles. The van der Waals surface area contributed by atoms with E-state index in [0.717, 1.165) is 25.9 Å². The van der Waals surface area contributed by atoms with Gasteiger partial charge in [0, 0.05) is 32.1 Å². The molecule has 8 heteroatoms. The Labute approximate surface area is 142 Å². The van der Waals surface area contributed by atoms with Gasteiger partial charge < -0.3 is 23.8 Å². The molecule has 3 rings (SSSR count). The molecular weight excluding hydrogens is 312 g/mol. The molecule has 0 aliphatic carbocycles. The van der Waals surface area contributed by atoms with Crippen LogP contribution in [0.4, 0.5) is 10.7 Å². The van der Waals surface area contributed by atoms with Crippen LogP contribution in [-0.4, -0.2) is 66.1 Å². The van der Waals surface area contributed by atoms with Gasteiger partial charge in [-0.3, -0.25) is 0 Å². The van der Waals surface area contributed by atoms with E-state index in [9.17, 15) is 4.79 Å². The molecular formula is C16H26N4O4. The molecule has 8 nitrogen and oxygen atoms in total. The lowest BCUT2D eigenvalue weighted by Gasteiger charge is -2.32. The van der Waals surface area contributed by atoms with Crippen molar-refractivity contribution >= 4 is 12.0 Å². The number of ether oxygens (including phenoxy) is 2. The number of morpholine rings is 1. The molecule has 2 aliphatic rings. The van der Waals surface area contributed by atoms with Gasteiger partial charge in [-0.15, -0.1) is 0 Å². The number of piperidine rings is 1. The minimum Gasteiger partial charge on any atom is -0.444 e. The first-order valence-electron chi connectivity index (χ1n) is 8.56. The first-order valence-corrected chi connectivity index (χ1v) is 8.56. The number of likely N-dealkylation sites (tertiary alicyclic amines) is 1.